The molecule has 0 aliphatic heterocycles. The average Bonchev–Trinajstić information content (AvgIpc) is 2.28. The van der Waals surface area contributed by atoms with E-state index in [1.807, 2.05) is 0 Å². The summed E-state index contributed by atoms with van der Waals surface area (Å²) in [6, 6.07) is 9.01. The first-order chi connectivity index (χ1) is 7.56. The monoisotopic (exact) mass is 220 g/mol. The third-order valence-corrected chi connectivity index (χ3v) is 3.42. The van der Waals surface area contributed by atoms with Crippen LogP contribution in [0.4, 0.5) is 0 Å². The van der Waals surface area contributed by atoms with E-state index in [9.17, 15) is 0 Å². The van der Waals surface area contributed by atoms with E-state index < -0.39 is 0 Å². The molecule has 1 unspecified atom stereocenters. The van der Waals surface area contributed by atoms with Crippen LogP contribution in [0.3, 0.4) is 0 Å². The van der Waals surface area contributed by atoms with Gasteiger partial charge >= 0.3 is 0 Å². The SMILES string of the molecule is CC(C)C(C)N(C)Cc1ccccc1CN. The summed E-state index contributed by atoms with van der Waals surface area (Å²) >= 11 is 0. The Bertz CT molecular complexity index is 320. The van der Waals surface area contributed by atoms with Gasteiger partial charge in [0.25, 0.3) is 0 Å². The van der Waals surface area contributed by atoms with Crippen LogP contribution in [0, 0.1) is 5.92 Å². The molecule has 0 saturated carbocycles. The van der Waals surface area contributed by atoms with Crippen molar-refractivity contribution in [1.82, 2.24) is 4.90 Å². The van der Waals surface area contributed by atoms with Gasteiger partial charge in [0.05, 0.1) is 0 Å². The topological polar surface area (TPSA) is 29.3 Å². The maximum Gasteiger partial charge on any atom is 0.0236 e. The van der Waals surface area contributed by atoms with Gasteiger partial charge in [-0.2, -0.15) is 0 Å². The lowest BCUT2D eigenvalue weighted by molar-refractivity contribution is 0.200. The fraction of sp³-hybridized carbons (Fsp3) is 0.571. The second-order valence-corrected chi connectivity index (χ2v) is 4.87. The minimum absolute atomic E-state index is 0.589. The number of nitrogens with two attached hydrogens (primary N) is 1. The van der Waals surface area contributed by atoms with Gasteiger partial charge < -0.3 is 5.73 Å². The van der Waals surface area contributed by atoms with E-state index in [-0.39, 0.29) is 0 Å². The lowest BCUT2D eigenvalue weighted by Gasteiger charge is -2.28. The number of rotatable bonds is 5. The van der Waals surface area contributed by atoms with E-state index in [2.05, 4.69) is 57.0 Å². The third-order valence-electron chi connectivity index (χ3n) is 3.42. The summed E-state index contributed by atoms with van der Waals surface area (Å²) in [5.74, 6) is 0.676. The fourth-order valence-corrected chi connectivity index (χ4v) is 1.83. The van der Waals surface area contributed by atoms with Crippen molar-refractivity contribution in [3.8, 4) is 0 Å². The van der Waals surface area contributed by atoms with E-state index in [1.54, 1.807) is 0 Å². The maximum atomic E-state index is 5.74. The third kappa shape index (κ3) is 3.32. The lowest BCUT2D eigenvalue weighted by Crippen LogP contribution is -2.33. The van der Waals surface area contributed by atoms with Crippen molar-refractivity contribution in [2.75, 3.05) is 7.05 Å². The first kappa shape index (κ1) is 13.2. The highest BCUT2D eigenvalue weighted by molar-refractivity contribution is 5.26. The van der Waals surface area contributed by atoms with E-state index in [4.69, 9.17) is 5.73 Å². The quantitative estimate of drug-likeness (QED) is 0.826. The molecule has 0 heterocycles. The molecule has 1 atom stereocenters. The van der Waals surface area contributed by atoms with E-state index in [0.29, 0.717) is 18.5 Å². The molecular weight excluding hydrogens is 196 g/mol. The van der Waals surface area contributed by atoms with Crippen molar-refractivity contribution < 1.29 is 0 Å². The number of hydrogen-bond donors (Lipinski definition) is 1. The Morgan fingerprint density at radius 2 is 1.69 bits per heavy atom. The molecule has 2 N–H and O–H groups in total. The van der Waals surface area contributed by atoms with Crippen molar-refractivity contribution >= 4 is 0 Å². The molecule has 0 spiro atoms. The minimum atomic E-state index is 0.589. The predicted molar refractivity (Wildman–Crippen MR) is 70.1 cm³/mol. The number of nitrogens with zero attached hydrogens (tertiary/aromatic N) is 1. The summed E-state index contributed by atoms with van der Waals surface area (Å²) in [5.41, 5.74) is 8.35. The molecule has 0 radical (unpaired) electrons. The Kier molecular flexibility index (Phi) is 4.97. The molecule has 16 heavy (non-hydrogen) atoms. The van der Waals surface area contributed by atoms with Crippen molar-refractivity contribution in [3.63, 3.8) is 0 Å². The second kappa shape index (κ2) is 6.02. The van der Waals surface area contributed by atoms with Crippen molar-refractivity contribution in [1.29, 1.82) is 0 Å². The Balaban J connectivity index is 2.72. The van der Waals surface area contributed by atoms with Crippen LogP contribution in [-0.2, 0) is 13.1 Å². The predicted octanol–water partition coefficient (Wildman–Crippen LogP) is 2.62. The first-order valence-electron chi connectivity index (χ1n) is 6.03. The van der Waals surface area contributed by atoms with Gasteiger partial charge in [-0.05, 0) is 31.0 Å². The summed E-state index contributed by atoms with van der Waals surface area (Å²) in [6.07, 6.45) is 0. The van der Waals surface area contributed by atoms with Crippen molar-refractivity contribution in [3.05, 3.63) is 35.4 Å². The van der Waals surface area contributed by atoms with Crippen LogP contribution in [0.15, 0.2) is 24.3 Å². The summed E-state index contributed by atoms with van der Waals surface area (Å²) in [5, 5.41) is 0. The average molecular weight is 220 g/mol. The number of hydrogen-bond acceptors (Lipinski definition) is 2. The first-order valence-corrected chi connectivity index (χ1v) is 6.03. The van der Waals surface area contributed by atoms with Crippen LogP contribution in [0.25, 0.3) is 0 Å². The lowest BCUT2D eigenvalue weighted by atomic mass is 10.0. The molecular formula is C14H24N2. The molecule has 0 fully saturated rings. The highest BCUT2D eigenvalue weighted by Crippen LogP contribution is 2.15. The standard InChI is InChI=1S/C14H24N2/c1-11(2)12(3)16(4)10-14-8-6-5-7-13(14)9-15/h5-8,11-12H,9-10,15H2,1-4H3. The smallest absolute Gasteiger partial charge is 0.0236 e. The molecule has 0 aromatic heterocycles. The van der Waals surface area contributed by atoms with Crippen LogP contribution in [0.2, 0.25) is 0 Å². The maximum absolute atomic E-state index is 5.74. The molecule has 1 rings (SSSR count). The van der Waals surface area contributed by atoms with Gasteiger partial charge in [-0.3, -0.25) is 4.90 Å². The van der Waals surface area contributed by atoms with Crippen molar-refractivity contribution in [2.24, 2.45) is 11.7 Å². The molecule has 2 heteroatoms. The Morgan fingerprint density at radius 1 is 1.12 bits per heavy atom. The fourth-order valence-electron chi connectivity index (χ4n) is 1.83. The molecule has 0 aliphatic carbocycles. The van der Waals surface area contributed by atoms with Gasteiger partial charge in [0, 0.05) is 19.1 Å². The van der Waals surface area contributed by atoms with Gasteiger partial charge in [0.1, 0.15) is 0 Å². The van der Waals surface area contributed by atoms with Crippen LogP contribution in [-0.4, -0.2) is 18.0 Å². The van der Waals surface area contributed by atoms with Gasteiger partial charge in [-0.25, -0.2) is 0 Å². The minimum Gasteiger partial charge on any atom is -0.326 e. The Labute approximate surface area is 99.5 Å². The molecule has 90 valence electrons. The zero-order valence-corrected chi connectivity index (χ0v) is 10.9. The molecule has 2 nitrogen and oxygen atoms in total. The molecule has 0 aliphatic rings. The highest BCUT2D eigenvalue weighted by atomic mass is 15.1. The van der Waals surface area contributed by atoms with Gasteiger partial charge in [-0.15, -0.1) is 0 Å². The Hall–Kier alpha value is -0.860. The largest absolute Gasteiger partial charge is 0.326 e. The van der Waals surface area contributed by atoms with E-state index in [0.717, 1.165) is 6.54 Å². The van der Waals surface area contributed by atoms with Crippen LogP contribution in [0.5, 0.6) is 0 Å². The molecule has 0 bridgehead atoms. The Morgan fingerprint density at radius 3 is 2.19 bits per heavy atom. The van der Waals surface area contributed by atoms with Crippen molar-refractivity contribution in [2.45, 2.75) is 39.9 Å². The highest BCUT2D eigenvalue weighted by Gasteiger charge is 2.14. The normalized spacial score (nSPS) is 13.4. The van der Waals surface area contributed by atoms with Gasteiger partial charge in [0.15, 0.2) is 0 Å². The summed E-state index contributed by atoms with van der Waals surface area (Å²) in [7, 11) is 2.18. The zero-order chi connectivity index (χ0) is 12.1. The zero-order valence-electron chi connectivity index (χ0n) is 10.9. The van der Waals surface area contributed by atoms with Gasteiger partial charge in [-0.1, -0.05) is 38.1 Å². The molecule has 1 aromatic rings. The summed E-state index contributed by atoms with van der Waals surface area (Å²) < 4.78 is 0. The molecule has 0 saturated heterocycles. The molecule has 1 aromatic carbocycles. The summed E-state index contributed by atoms with van der Waals surface area (Å²) in [4.78, 5) is 2.39. The molecule has 0 amide bonds. The van der Waals surface area contributed by atoms with Crippen LogP contribution < -0.4 is 5.73 Å². The second-order valence-electron chi connectivity index (χ2n) is 4.87. The van der Waals surface area contributed by atoms with E-state index >= 15 is 0 Å². The van der Waals surface area contributed by atoms with Crippen LogP contribution >= 0.6 is 0 Å². The number of benzene rings is 1. The van der Waals surface area contributed by atoms with Gasteiger partial charge in [0.2, 0.25) is 0 Å². The van der Waals surface area contributed by atoms with E-state index in [1.165, 1.54) is 11.1 Å². The summed E-state index contributed by atoms with van der Waals surface area (Å²) in [6.45, 7) is 8.40. The van der Waals surface area contributed by atoms with Crippen LogP contribution in [0.1, 0.15) is 31.9 Å².